The molecule has 1 heterocycles. The zero-order valence-electron chi connectivity index (χ0n) is 8.18. The van der Waals surface area contributed by atoms with Crippen LogP contribution in [-0.2, 0) is 20.0 Å². The maximum atomic E-state index is 5.56. The Morgan fingerprint density at radius 2 is 2.23 bits per heavy atom. The first-order chi connectivity index (χ1) is 6.20. The van der Waals surface area contributed by atoms with Crippen LogP contribution in [0.25, 0.3) is 0 Å². The molecular weight excluding hydrogens is 230 g/mol. The highest BCUT2D eigenvalue weighted by Crippen LogP contribution is 2.18. The van der Waals surface area contributed by atoms with Gasteiger partial charge in [-0.2, -0.15) is 0 Å². The SMILES string of the molecule is CCCCc1c(Br)nc(CN)n1C. The monoisotopic (exact) mass is 245 g/mol. The van der Waals surface area contributed by atoms with Crippen LogP contribution in [0.5, 0.6) is 0 Å². The topological polar surface area (TPSA) is 43.8 Å². The lowest BCUT2D eigenvalue weighted by Crippen LogP contribution is -2.06. The maximum absolute atomic E-state index is 5.56. The predicted octanol–water partition coefficient (Wildman–Crippen LogP) is 1.98. The second-order valence-electron chi connectivity index (χ2n) is 3.13. The molecule has 1 aromatic rings. The fourth-order valence-electron chi connectivity index (χ4n) is 1.34. The Morgan fingerprint density at radius 1 is 1.54 bits per heavy atom. The molecule has 0 fully saturated rings. The molecule has 0 aliphatic carbocycles. The predicted molar refractivity (Wildman–Crippen MR) is 57.4 cm³/mol. The van der Waals surface area contributed by atoms with Crippen molar-refractivity contribution < 1.29 is 0 Å². The molecule has 1 rings (SSSR count). The summed E-state index contributed by atoms with van der Waals surface area (Å²) >= 11 is 3.45. The van der Waals surface area contributed by atoms with Gasteiger partial charge in [-0.3, -0.25) is 0 Å². The zero-order valence-corrected chi connectivity index (χ0v) is 9.76. The normalized spacial score (nSPS) is 10.8. The molecule has 2 N–H and O–H groups in total. The van der Waals surface area contributed by atoms with Crippen molar-refractivity contribution in [1.29, 1.82) is 0 Å². The number of rotatable bonds is 4. The number of nitrogens with two attached hydrogens (primary N) is 1. The van der Waals surface area contributed by atoms with Gasteiger partial charge in [0.15, 0.2) is 0 Å². The van der Waals surface area contributed by atoms with E-state index in [0.717, 1.165) is 16.8 Å². The molecule has 0 saturated heterocycles. The largest absolute Gasteiger partial charge is 0.333 e. The number of unbranched alkanes of at least 4 members (excludes halogenated alkanes) is 1. The minimum Gasteiger partial charge on any atom is -0.333 e. The Hall–Kier alpha value is -0.350. The summed E-state index contributed by atoms with van der Waals surface area (Å²) in [5.41, 5.74) is 6.81. The Labute approximate surface area is 87.5 Å². The van der Waals surface area contributed by atoms with Crippen molar-refractivity contribution in [2.75, 3.05) is 0 Å². The molecule has 0 aromatic carbocycles. The van der Waals surface area contributed by atoms with Crippen molar-refractivity contribution in [3.8, 4) is 0 Å². The molecule has 0 spiro atoms. The van der Waals surface area contributed by atoms with Crippen LogP contribution >= 0.6 is 15.9 Å². The van der Waals surface area contributed by atoms with E-state index in [2.05, 4.69) is 32.4 Å². The summed E-state index contributed by atoms with van der Waals surface area (Å²) in [6.45, 7) is 2.69. The zero-order chi connectivity index (χ0) is 9.84. The van der Waals surface area contributed by atoms with E-state index >= 15 is 0 Å². The van der Waals surface area contributed by atoms with Crippen molar-refractivity contribution >= 4 is 15.9 Å². The van der Waals surface area contributed by atoms with Crippen LogP contribution in [0.4, 0.5) is 0 Å². The van der Waals surface area contributed by atoms with Gasteiger partial charge in [0.2, 0.25) is 0 Å². The Balaban J connectivity index is 2.85. The van der Waals surface area contributed by atoms with Crippen LogP contribution in [0.15, 0.2) is 4.60 Å². The lowest BCUT2D eigenvalue weighted by atomic mass is 10.2. The van der Waals surface area contributed by atoms with E-state index in [-0.39, 0.29) is 0 Å². The Bertz CT molecular complexity index is 281. The Morgan fingerprint density at radius 3 is 2.69 bits per heavy atom. The molecule has 3 nitrogen and oxygen atoms in total. The van der Waals surface area contributed by atoms with Crippen molar-refractivity contribution in [2.24, 2.45) is 12.8 Å². The Kier molecular flexibility index (Phi) is 3.93. The third-order valence-corrected chi connectivity index (χ3v) is 2.84. The quantitative estimate of drug-likeness (QED) is 0.882. The molecular formula is C9H16BrN3. The molecule has 13 heavy (non-hydrogen) atoms. The van der Waals surface area contributed by atoms with E-state index in [1.54, 1.807) is 0 Å². The van der Waals surface area contributed by atoms with Crippen molar-refractivity contribution in [1.82, 2.24) is 9.55 Å². The molecule has 0 unspecified atom stereocenters. The van der Waals surface area contributed by atoms with Gasteiger partial charge in [0.05, 0.1) is 12.2 Å². The molecule has 0 radical (unpaired) electrons. The van der Waals surface area contributed by atoms with E-state index in [9.17, 15) is 0 Å². The number of hydrogen-bond acceptors (Lipinski definition) is 2. The van der Waals surface area contributed by atoms with E-state index in [0.29, 0.717) is 6.54 Å². The summed E-state index contributed by atoms with van der Waals surface area (Å²) < 4.78 is 3.03. The van der Waals surface area contributed by atoms with E-state index in [1.807, 2.05) is 7.05 Å². The maximum Gasteiger partial charge on any atom is 0.127 e. The van der Waals surface area contributed by atoms with E-state index < -0.39 is 0 Å². The second-order valence-corrected chi connectivity index (χ2v) is 3.88. The summed E-state index contributed by atoms with van der Waals surface area (Å²) in [6.07, 6.45) is 3.47. The van der Waals surface area contributed by atoms with Crippen LogP contribution in [-0.4, -0.2) is 9.55 Å². The summed E-state index contributed by atoms with van der Waals surface area (Å²) in [7, 11) is 2.02. The second kappa shape index (κ2) is 4.77. The van der Waals surface area contributed by atoms with Crippen LogP contribution in [0, 0.1) is 0 Å². The molecule has 0 atom stereocenters. The minimum atomic E-state index is 0.501. The third-order valence-electron chi connectivity index (χ3n) is 2.21. The van der Waals surface area contributed by atoms with Gasteiger partial charge in [0.1, 0.15) is 10.4 Å². The summed E-state index contributed by atoms with van der Waals surface area (Å²) in [5.74, 6) is 0.943. The fraction of sp³-hybridized carbons (Fsp3) is 0.667. The molecule has 0 aliphatic rings. The minimum absolute atomic E-state index is 0.501. The van der Waals surface area contributed by atoms with E-state index in [1.165, 1.54) is 18.5 Å². The number of hydrogen-bond donors (Lipinski definition) is 1. The molecule has 0 saturated carbocycles. The standard InChI is InChI=1S/C9H16BrN3/c1-3-4-5-7-9(10)12-8(6-11)13(7)2/h3-6,11H2,1-2H3. The number of imidazole rings is 1. The van der Waals surface area contributed by atoms with Gasteiger partial charge in [-0.15, -0.1) is 0 Å². The first kappa shape index (κ1) is 10.7. The van der Waals surface area contributed by atoms with Gasteiger partial charge in [-0.1, -0.05) is 13.3 Å². The molecule has 74 valence electrons. The first-order valence-electron chi connectivity index (χ1n) is 4.60. The average molecular weight is 246 g/mol. The molecule has 0 bridgehead atoms. The van der Waals surface area contributed by atoms with Gasteiger partial charge in [0.25, 0.3) is 0 Å². The number of nitrogens with zero attached hydrogens (tertiary/aromatic N) is 2. The molecule has 4 heteroatoms. The van der Waals surface area contributed by atoms with Crippen molar-refractivity contribution in [2.45, 2.75) is 32.7 Å². The summed E-state index contributed by atoms with van der Waals surface area (Å²) in [5, 5.41) is 0. The summed E-state index contributed by atoms with van der Waals surface area (Å²) in [4.78, 5) is 4.34. The summed E-state index contributed by atoms with van der Waals surface area (Å²) in [6, 6.07) is 0. The van der Waals surface area contributed by atoms with Crippen LogP contribution in [0.1, 0.15) is 31.3 Å². The van der Waals surface area contributed by atoms with Crippen LogP contribution in [0.3, 0.4) is 0 Å². The highest BCUT2D eigenvalue weighted by atomic mass is 79.9. The lowest BCUT2D eigenvalue weighted by Gasteiger charge is -2.03. The average Bonchev–Trinajstić information content (AvgIpc) is 2.39. The van der Waals surface area contributed by atoms with Crippen LogP contribution in [0.2, 0.25) is 0 Å². The fourth-order valence-corrected chi connectivity index (χ4v) is 2.01. The third kappa shape index (κ3) is 2.31. The lowest BCUT2D eigenvalue weighted by molar-refractivity contribution is 0.704. The van der Waals surface area contributed by atoms with Gasteiger partial charge in [-0.25, -0.2) is 4.98 Å². The van der Waals surface area contributed by atoms with Crippen molar-refractivity contribution in [3.63, 3.8) is 0 Å². The number of aromatic nitrogens is 2. The van der Waals surface area contributed by atoms with Crippen molar-refractivity contribution in [3.05, 3.63) is 16.1 Å². The first-order valence-corrected chi connectivity index (χ1v) is 5.40. The molecule has 0 amide bonds. The van der Waals surface area contributed by atoms with Gasteiger partial charge in [0, 0.05) is 7.05 Å². The van der Waals surface area contributed by atoms with Gasteiger partial charge < -0.3 is 10.3 Å². The highest BCUT2D eigenvalue weighted by Gasteiger charge is 2.10. The smallest absolute Gasteiger partial charge is 0.127 e. The molecule has 1 aromatic heterocycles. The highest BCUT2D eigenvalue weighted by molar-refractivity contribution is 9.10. The molecule has 0 aliphatic heterocycles. The van der Waals surface area contributed by atoms with Gasteiger partial charge in [-0.05, 0) is 28.8 Å². The van der Waals surface area contributed by atoms with Gasteiger partial charge >= 0.3 is 0 Å². The van der Waals surface area contributed by atoms with E-state index in [4.69, 9.17) is 5.73 Å². The number of halogens is 1. The van der Waals surface area contributed by atoms with Crippen LogP contribution < -0.4 is 5.73 Å².